The van der Waals surface area contributed by atoms with Crippen LogP contribution in [0.1, 0.15) is 24.1 Å². The van der Waals surface area contributed by atoms with Crippen LogP contribution >= 0.6 is 12.4 Å². The van der Waals surface area contributed by atoms with Crippen molar-refractivity contribution in [3.8, 4) is 11.1 Å². The maximum atomic E-state index is 12.7. The van der Waals surface area contributed by atoms with Gasteiger partial charge >= 0.3 is 6.18 Å². The van der Waals surface area contributed by atoms with E-state index in [4.69, 9.17) is 5.73 Å². The molecule has 2 N–H and O–H groups in total. The van der Waals surface area contributed by atoms with Crippen molar-refractivity contribution in [2.24, 2.45) is 5.73 Å². The topological polar surface area (TPSA) is 26.0 Å². The molecule has 0 aromatic heterocycles. The van der Waals surface area contributed by atoms with E-state index < -0.39 is 11.7 Å². The lowest BCUT2D eigenvalue weighted by atomic mass is 9.99. The molecular weight excluding hydrogens is 287 g/mol. The molecule has 0 aliphatic rings. The maximum absolute atomic E-state index is 12.7. The highest BCUT2D eigenvalue weighted by Crippen LogP contribution is 2.32. The third kappa shape index (κ3) is 3.74. The van der Waals surface area contributed by atoms with Crippen LogP contribution in [0.25, 0.3) is 11.1 Å². The van der Waals surface area contributed by atoms with Crippen molar-refractivity contribution in [3.05, 3.63) is 59.7 Å². The van der Waals surface area contributed by atoms with Crippen molar-refractivity contribution in [1.82, 2.24) is 0 Å². The Morgan fingerprint density at radius 2 is 1.50 bits per heavy atom. The summed E-state index contributed by atoms with van der Waals surface area (Å²) in [7, 11) is 0. The van der Waals surface area contributed by atoms with Crippen molar-refractivity contribution in [2.45, 2.75) is 19.1 Å². The van der Waals surface area contributed by atoms with Crippen LogP contribution in [-0.2, 0) is 6.18 Å². The third-order valence-electron chi connectivity index (χ3n) is 2.94. The van der Waals surface area contributed by atoms with Crippen LogP contribution in [0.4, 0.5) is 13.2 Å². The molecule has 5 heteroatoms. The van der Waals surface area contributed by atoms with Crippen molar-refractivity contribution in [1.29, 1.82) is 0 Å². The highest BCUT2D eigenvalue weighted by molar-refractivity contribution is 5.85. The summed E-state index contributed by atoms with van der Waals surface area (Å²) in [6, 6.07) is 12.4. The van der Waals surface area contributed by atoms with Crippen LogP contribution in [0.5, 0.6) is 0 Å². The molecule has 0 unspecified atom stereocenters. The van der Waals surface area contributed by atoms with Gasteiger partial charge < -0.3 is 5.73 Å². The monoisotopic (exact) mass is 301 g/mol. The Balaban J connectivity index is 0.00000200. The summed E-state index contributed by atoms with van der Waals surface area (Å²) < 4.78 is 38.0. The number of benzene rings is 2. The van der Waals surface area contributed by atoms with E-state index in [1.807, 2.05) is 19.1 Å². The van der Waals surface area contributed by atoms with Gasteiger partial charge in [-0.3, -0.25) is 0 Å². The second-order valence-electron chi connectivity index (χ2n) is 4.49. The molecule has 1 atom stereocenters. The summed E-state index contributed by atoms with van der Waals surface area (Å²) >= 11 is 0. The molecule has 2 aromatic rings. The second-order valence-corrected chi connectivity index (χ2v) is 4.49. The maximum Gasteiger partial charge on any atom is 0.416 e. The van der Waals surface area contributed by atoms with Gasteiger partial charge in [0.05, 0.1) is 5.56 Å². The Hall–Kier alpha value is -1.52. The van der Waals surface area contributed by atoms with Gasteiger partial charge in [-0.25, -0.2) is 0 Å². The minimum absolute atomic E-state index is 0. The first-order valence-electron chi connectivity index (χ1n) is 5.91. The summed E-state index contributed by atoms with van der Waals surface area (Å²) in [5.74, 6) is 0. The molecule has 0 aliphatic carbocycles. The molecule has 2 rings (SSSR count). The fraction of sp³-hybridized carbons (Fsp3) is 0.200. The molecule has 0 bridgehead atoms. The number of halogens is 4. The van der Waals surface area contributed by atoms with Gasteiger partial charge in [-0.05, 0) is 41.8 Å². The average Bonchev–Trinajstić information content (AvgIpc) is 2.38. The Labute approximate surface area is 122 Å². The fourth-order valence-corrected chi connectivity index (χ4v) is 1.88. The second kappa shape index (κ2) is 6.29. The first-order chi connectivity index (χ1) is 8.88. The summed E-state index contributed by atoms with van der Waals surface area (Å²) in [6.07, 6.45) is -4.32. The molecule has 108 valence electrons. The zero-order chi connectivity index (χ0) is 14.0. The van der Waals surface area contributed by atoms with E-state index in [1.54, 1.807) is 18.2 Å². The minimum Gasteiger partial charge on any atom is -0.324 e. The van der Waals surface area contributed by atoms with Crippen LogP contribution in [-0.4, -0.2) is 0 Å². The molecule has 0 spiro atoms. The molecular formula is C15H15ClF3N. The molecule has 0 heterocycles. The molecule has 0 saturated carbocycles. The van der Waals surface area contributed by atoms with Gasteiger partial charge in [0.15, 0.2) is 0 Å². The smallest absolute Gasteiger partial charge is 0.324 e. The standard InChI is InChI=1S/C15H14F3N.ClH/c1-10(19)11-4-2-5-12(8-11)13-6-3-7-14(9-13)15(16,17)18;/h2-10H,19H2,1H3;1H/t10-;/m1./s1. The number of rotatable bonds is 2. The Morgan fingerprint density at radius 3 is 2.05 bits per heavy atom. The van der Waals surface area contributed by atoms with Crippen LogP contribution in [0.2, 0.25) is 0 Å². The summed E-state index contributed by atoms with van der Waals surface area (Å²) in [6.45, 7) is 1.84. The number of nitrogens with two attached hydrogens (primary N) is 1. The molecule has 2 aromatic carbocycles. The number of hydrogen-bond acceptors (Lipinski definition) is 1. The van der Waals surface area contributed by atoms with E-state index in [2.05, 4.69) is 0 Å². The van der Waals surface area contributed by atoms with E-state index in [1.165, 1.54) is 6.07 Å². The number of alkyl halides is 3. The van der Waals surface area contributed by atoms with Gasteiger partial charge in [0.2, 0.25) is 0 Å². The first-order valence-corrected chi connectivity index (χ1v) is 5.91. The molecule has 20 heavy (non-hydrogen) atoms. The quantitative estimate of drug-likeness (QED) is 0.846. The predicted octanol–water partition coefficient (Wildman–Crippen LogP) is 4.81. The van der Waals surface area contributed by atoms with Gasteiger partial charge in [-0.1, -0.05) is 30.3 Å². The molecule has 0 aliphatic heterocycles. The van der Waals surface area contributed by atoms with E-state index >= 15 is 0 Å². The normalized spacial score (nSPS) is 12.7. The van der Waals surface area contributed by atoms with Crippen molar-refractivity contribution < 1.29 is 13.2 Å². The molecule has 1 nitrogen and oxygen atoms in total. The minimum atomic E-state index is -4.32. The van der Waals surface area contributed by atoms with Crippen molar-refractivity contribution in [3.63, 3.8) is 0 Å². The lowest BCUT2D eigenvalue weighted by Gasteiger charge is -2.11. The van der Waals surface area contributed by atoms with Gasteiger partial charge in [0.25, 0.3) is 0 Å². The Morgan fingerprint density at radius 1 is 0.950 bits per heavy atom. The lowest BCUT2D eigenvalue weighted by Crippen LogP contribution is -2.05. The molecule has 0 fully saturated rings. The van der Waals surface area contributed by atoms with Crippen molar-refractivity contribution >= 4 is 12.4 Å². The highest BCUT2D eigenvalue weighted by Gasteiger charge is 2.30. The van der Waals surface area contributed by atoms with Crippen LogP contribution in [0.3, 0.4) is 0 Å². The van der Waals surface area contributed by atoms with Gasteiger partial charge in [0, 0.05) is 6.04 Å². The van der Waals surface area contributed by atoms with Crippen LogP contribution in [0, 0.1) is 0 Å². The SMILES string of the molecule is C[C@@H](N)c1cccc(-c2cccc(C(F)(F)F)c2)c1.Cl. The van der Waals surface area contributed by atoms with Crippen molar-refractivity contribution in [2.75, 3.05) is 0 Å². The first kappa shape index (κ1) is 16.5. The largest absolute Gasteiger partial charge is 0.416 e. The highest BCUT2D eigenvalue weighted by atomic mass is 35.5. The van der Waals surface area contributed by atoms with Gasteiger partial charge in [0.1, 0.15) is 0 Å². The predicted molar refractivity (Wildman–Crippen MR) is 76.7 cm³/mol. The van der Waals surface area contributed by atoms with E-state index in [9.17, 15) is 13.2 Å². The van der Waals surface area contributed by atoms with Gasteiger partial charge in [-0.15, -0.1) is 12.4 Å². The fourth-order valence-electron chi connectivity index (χ4n) is 1.88. The van der Waals surface area contributed by atoms with E-state index in [-0.39, 0.29) is 18.4 Å². The lowest BCUT2D eigenvalue weighted by molar-refractivity contribution is -0.137. The summed E-state index contributed by atoms with van der Waals surface area (Å²) in [5, 5.41) is 0. The molecule has 0 radical (unpaired) electrons. The van der Waals surface area contributed by atoms with E-state index in [0.717, 1.165) is 23.3 Å². The van der Waals surface area contributed by atoms with E-state index in [0.29, 0.717) is 5.56 Å². The zero-order valence-electron chi connectivity index (χ0n) is 10.8. The Bertz CT molecular complexity index is 579. The Kier molecular flexibility index (Phi) is 5.20. The number of hydrogen-bond donors (Lipinski definition) is 1. The third-order valence-corrected chi connectivity index (χ3v) is 2.94. The van der Waals surface area contributed by atoms with Crippen LogP contribution in [0.15, 0.2) is 48.5 Å². The van der Waals surface area contributed by atoms with Gasteiger partial charge in [-0.2, -0.15) is 13.2 Å². The zero-order valence-corrected chi connectivity index (χ0v) is 11.6. The molecule has 0 saturated heterocycles. The summed E-state index contributed by atoms with van der Waals surface area (Å²) in [4.78, 5) is 0. The molecule has 0 amide bonds. The van der Waals surface area contributed by atoms with Crippen LogP contribution < -0.4 is 5.73 Å². The average molecular weight is 302 g/mol. The summed E-state index contributed by atoms with van der Waals surface area (Å²) in [5.41, 5.74) is 7.31.